The van der Waals surface area contributed by atoms with Crippen LogP contribution in [-0.2, 0) is 11.0 Å². The smallest absolute Gasteiger partial charge is 0.294 e. The summed E-state index contributed by atoms with van der Waals surface area (Å²) < 4.78 is 37.6. The van der Waals surface area contributed by atoms with Crippen molar-refractivity contribution < 1.29 is 18.0 Å². The van der Waals surface area contributed by atoms with E-state index in [0.717, 1.165) is 24.1 Å². The third-order valence-corrected chi connectivity index (χ3v) is 3.59. The fourth-order valence-electron chi connectivity index (χ4n) is 2.86. The number of alkyl halides is 3. The molecule has 0 aliphatic heterocycles. The van der Waals surface area contributed by atoms with Crippen LogP contribution >= 0.6 is 0 Å². The summed E-state index contributed by atoms with van der Waals surface area (Å²) in [6, 6.07) is 4.83. The van der Waals surface area contributed by atoms with Gasteiger partial charge in [-0.15, -0.1) is 0 Å². The van der Waals surface area contributed by atoms with Crippen LogP contribution in [-0.4, -0.2) is 5.78 Å². The third-order valence-electron chi connectivity index (χ3n) is 3.59. The average Bonchev–Trinajstić information content (AvgIpc) is 2.25. The number of hydrogen-bond donors (Lipinski definition) is 0. The molecule has 1 aliphatic rings. The number of carbonyl (C=O) groups excluding carboxylic acids is 1. The van der Waals surface area contributed by atoms with Crippen LogP contribution in [0.1, 0.15) is 44.7 Å². The van der Waals surface area contributed by atoms with Crippen molar-refractivity contribution >= 4 is 11.4 Å². The monoisotopic (exact) mass is 282 g/mol. The van der Waals surface area contributed by atoms with Gasteiger partial charge in [0, 0.05) is 12.0 Å². The lowest BCUT2D eigenvalue weighted by Crippen LogP contribution is -2.24. The van der Waals surface area contributed by atoms with Gasteiger partial charge in [0.05, 0.1) is 5.56 Å². The number of benzene rings is 1. The molecule has 4 heteroatoms. The molecule has 0 aromatic heterocycles. The van der Waals surface area contributed by atoms with Crippen molar-refractivity contribution in [3.63, 3.8) is 0 Å². The number of ketones is 1. The highest BCUT2D eigenvalue weighted by Gasteiger charge is 2.33. The van der Waals surface area contributed by atoms with Crippen molar-refractivity contribution in [2.24, 2.45) is 5.41 Å². The molecule has 0 heterocycles. The standard InChI is InChI=1S/C16H17F3O/c1-10-8-15(2,3)9-13(20)14(10)11-4-6-12(7-5-11)16(17,18)19/h4-7H,8-9H2,1-3H3. The van der Waals surface area contributed by atoms with Gasteiger partial charge in [-0.3, -0.25) is 4.79 Å². The zero-order chi connectivity index (χ0) is 15.1. The first-order chi connectivity index (χ1) is 9.10. The second-order valence-corrected chi connectivity index (χ2v) is 6.17. The summed E-state index contributed by atoms with van der Waals surface area (Å²) in [5.41, 5.74) is 1.35. The number of Topliss-reactive ketones (excluding diaryl/α,β-unsaturated/α-hetero) is 1. The van der Waals surface area contributed by atoms with Crippen LogP contribution in [0.5, 0.6) is 0 Å². The molecular weight excluding hydrogens is 265 g/mol. The average molecular weight is 282 g/mol. The summed E-state index contributed by atoms with van der Waals surface area (Å²) in [6.45, 7) is 5.93. The van der Waals surface area contributed by atoms with Gasteiger partial charge in [-0.05, 0) is 36.5 Å². The summed E-state index contributed by atoms with van der Waals surface area (Å²) in [5.74, 6) is 0.0125. The number of rotatable bonds is 1. The Labute approximate surface area is 116 Å². The molecule has 1 aromatic rings. The van der Waals surface area contributed by atoms with Crippen LogP contribution < -0.4 is 0 Å². The lowest BCUT2D eigenvalue weighted by Gasteiger charge is -2.31. The van der Waals surface area contributed by atoms with Crippen LogP contribution in [0.2, 0.25) is 0 Å². The second-order valence-electron chi connectivity index (χ2n) is 6.17. The minimum Gasteiger partial charge on any atom is -0.294 e. The van der Waals surface area contributed by atoms with Crippen molar-refractivity contribution in [3.8, 4) is 0 Å². The second kappa shape index (κ2) is 4.76. The molecule has 0 spiro atoms. The normalized spacial score (nSPS) is 19.4. The van der Waals surface area contributed by atoms with Gasteiger partial charge < -0.3 is 0 Å². The SMILES string of the molecule is CC1=C(c2ccc(C(F)(F)F)cc2)C(=O)CC(C)(C)C1. The Hall–Kier alpha value is -1.58. The molecule has 1 aliphatic carbocycles. The molecule has 1 aromatic carbocycles. The van der Waals surface area contributed by atoms with E-state index in [4.69, 9.17) is 0 Å². The highest BCUT2D eigenvalue weighted by atomic mass is 19.4. The Morgan fingerprint density at radius 2 is 1.60 bits per heavy atom. The molecule has 20 heavy (non-hydrogen) atoms. The topological polar surface area (TPSA) is 17.1 Å². The van der Waals surface area contributed by atoms with Gasteiger partial charge in [0.25, 0.3) is 0 Å². The number of carbonyl (C=O) groups is 1. The Balaban J connectivity index is 2.39. The minimum absolute atomic E-state index is 0.0125. The molecule has 0 saturated carbocycles. The van der Waals surface area contributed by atoms with E-state index in [-0.39, 0.29) is 11.2 Å². The van der Waals surface area contributed by atoms with Crippen LogP contribution in [0.4, 0.5) is 13.2 Å². The van der Waals surface area contributed by atoms with Crippen molar-refractivity contribution in [2.45, 2.75) is 39.8 Å². The largest absolute Gasteiger partial charge is 0.416 e. The molecule has 0 saturated heterocycles. The highest BCUT2D eigenvalue weighted by molar-refractivity contribution is 6.22. The lowest BCUT2D eigenvalue weighted by molar-refractivity contribution is -0.137. The number of allylic oxidation sites excluding steroid dienone is 2. The van der Waals surface area contributed by atoms with E-state index in [1.165, 1.54) is 12.1 Å². The van der Waals surface area contributed by atoms with E-state index in [1.54, 1.807) is 0 Å². The summed E-state index contributed by atoms with van der Waals surface area (Å²) in [7, 11) is 0. The fraction of sp³-hybridized carbons (Fsp3) is 0.438. The van der Waals surface area contributed by atoms with Gasteiger partial charge in [0.1, 0.15) is 0 Å². The van der Waals surface area contributed by atoms with Crippen molar-refractivity contribution in [1.82, 2.24) is 0 Å². The summed E-state index contributed by atoms with van der Waals surface area (Å²) in [5, 5.41) is 0. The predicted octanol–water partition coefficient (Wildman–Crippen LogP) is 4.87. The van der Waals surface area contributed by atoms with Gasteiger partial charge in [-0.25, -0.2) is 0 Å². The van der Waals surface area contributed by atoms with Crippen molar-refractivity contribution in [1.29, 1.82) is 0 Å². The molecule has 1 nitrogen and oxygen atoms in total. The van der Waals surface area contributed by atoms with Crippen LogP contribution in [0, 0.1) is 5.41 Å². The molecule has 108 valence electrons. The quantitative estimate of drug-likeness (QED) is 0.718. The maximum atomic E-state index is 12.5. The zero-order valence-electron chi connectivity index (χ0n) is 11.8. The Kier molecular flexibility index (Phi) is 3.53. The van der Waals surface area contributed by atoms with Crippen LogP contribution in [0.3, 0.4) is 0 Å². The van der Waals surface area contributed by atoms with Gasteiger partial charge in [0.15, 0.2) is 5.78 Å². The van der Waals surface area contributed by atoms with Crippen LogP contribution in [0.25, 0.3) is 5.57 Å². The van der Waals surface area contributed by atoms with E-state index in [1.807, 2.05) is 20.8 Å². The molecule has 0 radical (unpaired) electrons. The van der Waals surface area contributed by atoms with E-state index in [9.17, 15) is 18.0 Å². The Morgan fingerprint density at radius 3 is 2.05 bits per heavy atom. The maximum Gasteiger partial charge on any atom is 0.416 e. The number of halogens is 3. The van der Waals surface area contributed by atoms with Gasteiger partial charge in [0.2, 0.25) is 0 Å². The number of hydrogen-bond acceptors (Lipinski definition) is 1. The maximum absolute atomic E-state index is 12.5. The molecule has 0 amide bonds. The Bertz CT molecular complexity index is 562. The van der Waals surface area contributed by atoms with Crippen molar-refractivity contribution in [2.75, 3.05) is 0 Å². The van der Waals surface area contributed by atoms with Gasteiger partial charge in [-0.1, -0.05) is 31.6 Å². The minimum atomic E-state index is -4.35. The lowest BCUT2D eigenvalue weighted by atomic mass is 9.72. The van der Waals surface area contributed by atoms with Crippen LogP contribution in [0.15, 0.2) is 29.8 Å². The predicted molar refractivity (Wildman–Crippen MR) is 72.1 cm³/mol. The van der Waals surface area contributed by atoms with E-state index in [0.29, 0.717) is 17.6 Å². The van der Waals surface area contributed by atoms with E-state index >= 15 is 0 Å². The van der Waals surface area contributed by atoms with Gasteiger partial charge in [-0.2, -0.15) is 13.2 Å². The molecule has 2 rings (SSSR count). The summed E-state index contributed by atoms with van der Waals surface area (Å²) in [4.78, 5) is 12.2. The van der Waals surface area contributed by atoms with Gasteiger partial charge >= 0.3 is 6.18 Å². The van der Waals surface area contributed by atoms with E-state index in [2.05, 4.69) is 0 Å². The first-order valence-corrected chi connectivity index (χ1v) is 6.51. The first-order valence-electron chi connectivity index (χ1n) is 6.51. The molecule has 0 bridgehead atoms. The third kappa shape index (κ3) is 2.94. The Morgan fingerprint density at radius 1 is 1.05 bits per heavy atom. The molecule has 0 atom stereocenters. The molecular formula is C16H17F3O. The molecule has 0 N–H and O–H groups in total. The summed E-state index contributed by atoms with van der Waals surface area (Å²) >= 11 is 0. The zero-order valence-corrected chi connectivity index (χ0v) is 11.8. The fourth-order valence-corrected chi connectivity index (χ4v) is 2.86. The molecule has 0 unspecified atom stereocenters. The molecule has 0 fully saturated rings. The highest BCUT2D eigenvalue weighted by Crippen LogP contribution is 2.40. The van der Waals surface area contributed by atoms with Crippen molar-refractivity contribution in [3.05, 3.63) is 41.0 Å². The van der Waals surface area contributed by atoms with E-state index < -0.39 is 11.7 Å². The summed E-state index contributed by atoms with van der Waals surface area (Å²) in [6.07, 6.45) is -3.13. The first kappa shape index (κ1) is 14.8.